The predicted octanol–water partition coefficient (Wildman–Crippen LogP) is 2.76. The van der Waals surface area contributed by atoms with Gasteiger partial charge in [-0.3, -0.25) is 4.79 Å². The van der Waals surface area contributed by atoms with Crippen molar-refractivity contribution < 1.29 is 57.0 Å². The van der Waals surface area contributed by atoms with Gasteiger partial charge in [0, 0.05) is 5.56 Å². The maximum Gasteiger partial charge on any atom is 0.379 e. The summed E-state index contributed by atoms with van der Waals surface area (Å²) in [6, 6.07) is 18.3. The van der Waals surface area contributed by atoms with E-state index in [2.05, 4.69) is 0 Å². The van der Waals surface area contributed by atoms with Crippen molar-refractivity contribution in [2.24, 2.45) is 0 Å². The molecule has 0 saturated carbocycles. The summed E-state index contributed by atoms with van der Waals surface area (Å²) in [7, 11) is 0. The zero-order valence-electron chi connectivity index (χ0n) is 26.1. The minimum atomic E-state index is -0.895. The number of ether oxygens (including phenoxy) is 10. The highest BCUT2D eigenvalue weighted by Crippen LogP contribution is 2.02. The van der Waals surface area contributed by atoms with Crippen LogP contribution in [0.15, 0.2) is 60.7 Å². The highest BCUT2D eigenvalue weighted by Gasteiger charge is 2.17. The quantitative estimate of drug-likeness (QED) is 0.0523. The third-order valence-electron chi connectivity index (χ3n) is 5.77. The minimum absolute atomic E-state index is 0.000359. The first-order valence-corrected chi connectivity index (χ1v) is 15.3. The summed E-state index contributed by atoms with van der Waals surface area (Å²) in [4.78, 5) is 23.6. The molecule has 0 unspecified atom stereocenters. The topological polar surface area (TPSA) is 126 Å². The van der Waals surface area contributed by atoms with E-state index in [1.807, 2.05) is 30.3 Å². The van der Waals surface area contributed by atoms with Crippen LogP contribution in [0.4, 0.5) is 0 Å². The predicted molar refractivity (Wildman–Crippen MR) is 164 cm³/mol. The molecule has 0 atom stereocenters. The Labute approximate surface area is 266 Å². The van der Waals surface area contributed by atoms with E-state index in [0.29, 0.717) is 118 Å². The van der Waals surface area contributed by atoms with Crippen molar-refractivity contribution in [3.05, 3.63) is 71.8 Å². The summed E-state index contributed by atoms with van der Waals surface area (Å²) >= 11 is 0. The van der Waals surface area contributed by atoms with Crippen LogP contribution in [-0.2, 0) is 58.8 Å². The van der Waals surface area contributed by atoms with Gasteiger partial charge >= 0.3 is 5.97 Å². The van der Waals surface area contributed by atoms with Crippen molar-refractivity contribution in [3.63, 3.8) is 0 Å². The number of Topliss-reactive ketones (excluding diaryl/α,β-unsaturated/α-hetero) is 1. The molecular weight excluding hydrogens is 588 g/mol. The van der Waals surface area contributed by atoms with Crippen LogP contribution in [0, 0.1) is 0 Å². The highest BCUT2D eigenvalue weighted by molar-refractivity contribution is 6.40. The van der Waals surface area contributed by atoms with Crippen molar-refractivity contribution >= 4 is 11.8 Å². The Balaban J connectivity index is 1.18. The molecule has 0 saturated heterocycles. The van der Waals surface area contributed by atoms with Crippen LogP contribution in [0.5, 0.6) is 0 Å². The van der Waals surface area contributed by atoms with E-state index >= 15 is 0 Å². The molecule has 2 aromatic carbocycles. The lowest BCUT2D eigenvalue weighted by Crippen LogP contribution is -2.20. The number of carbonyl (C=O) groups is 2. The van der Waals surface area contributed by atoms with Crippen LogP contribution >= 0.6 is 0 Å². The lowest BCUT2D eigenvalue weighted by Gasteiger charge is -2.09. The van der Waals surface area contributed by atoms with Gasteiger partial charge in [-0.15, -0.1) is 0 Å². The molecule has 252 valence electrons. The molecule has 45 heavy (non-hydrogen) atoms. The summed E-state index contributed by atoms with van der Waals surface area (Å²) in [5, 5.41) is 0. The van der Waals surface area contributed by atoms with Gasteiger partial charge in [-0.05, 0) is 5.56 Å². The zero-order valence-corrected chi connectivity index (χ0v) is 26.1. The zero-order chi connectivity index (χ0) is 31.9. The van der Waals surface area contributed by atoms with E-state index in [-0.39, 0.29) is 13.2 Å². The maximum absolute atomic E-state index is 11.9. The highest BCUT2D eigenvalue weighted by atomic mass is 16.6. The molecule has 0 fully saturated rings. The van der Waals surface area contributed by atoms with Gasteiger partial charge < -0.3 is 47.4 Å². The fourth-order valence-electron chi connectivity index (χ4n) is 3.49. The summed E-state index contributed by atoms with van der Waals surface area (Å²) in [5.74, 6) is -1.57. The van der Waals surface area contributed by atoms with Gasteiger partial charge in [0.1, 0.15) is 6.61 Å². The molecule has 0 aliphatic carbocycles. The normalized spacial score (nSPS) is 11.1. The largest absolute Gasteiger partial charge is 0.457 e. The van der Waals surface area contributed by atoms with Gasteiger partial charge in [-0.25, -0.2) is 4.79 Å². The monoisotopic (exact) mass is 636 g/mol. The lowest BCUT2D eigenvalue weighted by atomic mass is 10.1. The average molecular weight is 637 g/mol. The first kappa shape index (κ1) is 38.4. The fourth-order valence-corrected chi connectivity index (χ4v) is 3.49. The summed E-state index contributed by atoms with van der Waals surface area (Å²) in [6.45, 7) is 8.40. The SMILES string of the molecule is O=C(OCCOCCOCCOCCOCCOCCOCCOCCOCCOCc1ccccc1)C(=O)c1ccccc1. The van der Waals surface area contributed by atoms with Gasteiger partial charge in [0.2, 0.25) is 0 Å². The summed E-state index contributed by atoms with van der Waals surface area (Å²) < 4.78 is 54.0. The van der Waals surface area contributed by atoms with Crippen molar-refractivity contribution in [3.8, 4) is 0 Å². The molecule has 0 heterocycles. The molecule has 0 amide bonds. The average Bonchev–Trinajstić information content (AvgIpc) is 3.08. The van der Waals surface area contributed by atoms with E-state index in [9.17, 15) is 9.59 Å². The van der Waals surface area contributed by atoms with Crippen molar-refractivity contribution in [2.75, 3.05) is 119 Å². The van der Waals surface area contributed by atoms with E-state index in [4.69, 9.17) is 47.4 Å². The molecule has 0 bridgehead atoms. The van der Waals surface area contributed by atoms with Crippen molar-refractivity contribution in [2.45, 2.75) is 6.61 Å². The standard InChI is InChI=1S/C33H48O12/c34-32(31-9-5-2-6-10-31)33(35)45-28-27-43-24-23-41-20-19-39-16-15-37-12-11-36-13-14-38-17-18-40-21-22-42-25-26-44-29-30-7-3-1-4-8-30/h1-10H,11-29H2. The Morgan fingerprint density at radius 2 is 0.689 bits per heavy atom. The number of benzene rings is 2. The lowest BCUT2D eigenvalue weighted by molar-refractivity contribution is -0.139. The fraction of sp³-hybridized carbons (Fsp3) is 0.576. The van der Waals surface area contributed by atoms with E-state index < -0.39 is 11.8 Å². The van der Waals surface area contributed by atoms with Crippen LogP contribution < -0.4 is 0 Å². The number of rotatable bonds is 31. The summed E-state index contributed by atoms with van der Waals surface area (Å²) in [6.07, 6.45) is 0. The van der Waals surface area contributed by atoms with Gasteiger partial charge in [0.05, 0.1) is 119 Å². The maximum atomic E-state index is 11.9. The molecule has 0 spiro atoms. The molecule has 0 N–H and O–H groups in total. The third kappa shape index (κ3) is 22.4. The molecule has 0 aromatic heterocycles. The van der Waals surface area contributed by atoms with Gasteiger partial charge in [0.15, 0.2) is 0 Å². The number of esters is 1. The number of ketones is 1. The molecule has 0 radical (unpaired) electrons. The second-order valence-corrected chi connectivity index (χ2v) is 9.27. The molecule has 12 heteroatoms. The molecule has 0 aliphatic rings. The van der Waals surface area contributed by atoms with Gasteiger partial charge in [0.25, 0.3) is 5.78 Å². The Bertz CT molecular complexity index is 961. The Kier molecular flexibility index (Phi) is 24.5. The van der Waals surface area contributed by atoms with Crippen molar-refractivity contribution in [1.82, 2.24) is 0 Å². The molecular formula is C33H48O12. The number of hydrogen-bond acceptors (Lipinski definition) is 12. The van der Waals surface area contributed by atoms with E-state index in [1.54, 1.807) is 30.3 Å². The molecule has 2 rings (SSSR count). The van der Waals surface area contributed by atoms with E-state index in [0.717, 1.165) is 5.56 Å². The second-order valence-electron chi connectivity index (χ2n) is 9.27. The van der Waals surface area contributed by atoms with Crippen LogP contribution in [0.25, 0.3) is 0 Å². The second kappa shape index (κ2) is 28.7. The molecule has 12 nitrogen and oxygen atoms in total. The van der Waals surface area contributed by atoms with Crippen molar-refractivity contribution in [1.29, 1.82) is 0 Å². The number of hydrogen-bond donors (Lipinski definition) is 0. The van der Waals surface area contributed by atoms with Crippen LogP contribution in [-0.4, -0.2) is 131 Å². The first-order valence-electron chi connectivity index (χ1n) is 15.3. The van der Waals surface area contributed by atoms with Gasteiger partial charge in [-0.1, -0.05) is 60.7 Å². The van der Waals surface area contributed by atoms with Gasteiger partial charge in [-0.2, -0.15) is 0 Å². The summed E-state index contributed by atoms with van der Waals surface area (Å²) in [5.41, 5.74) is 1.45. The Morgan fingerprint density at radius 3 is 1.07 bits per heavy atom. The first-order chi connectivity index (χ1) is 22.3. The molecule has 0 aliphatic heterocycles. The third-order valence-corrected chi connectivity index (χ3v) is 5.77. The van der Waals surface area contributed by atoms with E-state index in [1.165, 1.54) is 0 Å². The molecule has 2 aromatic rings. The Morgan fingerprint density at radius 1 is 0.378 bits per heavy atom. The smallest absolute Gasteiger partial charge is 0.379 e. The minimum Gasteiger partial charge on any atom is -0.457 e. The van der Waals surface area contributed by atoms with Crippen LogP contribution in [0.3, 0.4) is 0 Å². The van der Waals surface area contributed by atoms with Crippen LogP contribution in [0.1, 0.15) is 15.9 Å². The van der Waals surface area contributed by atoms with Crippen LogP contribution in [0.2, 0.25) is 0 Å². The number of carbonyl (C=O) groups excluding carboxylic acids is 2. The Hall–Kier alpha value is -2.78.